The SMILES string of the molecule is CCOC(=O)C1OC1C(=O)N[C@@H](Cc1ccccc1)C(N)=O. The zero-order chi connectivity index (χ0) is 16.1. The Morgan fingerprint density at radius 1 is 1.27 bits per heavy atom. The molecule has 7 nitrogen and oxygen atoms in total. The van der Waals surface area contributed by atoms with E-state index in [0.717, 1.165) is 5.56 Å². The Hall–Kier alpha value is -2.41. The number of amides is 2. The molecular weight excluding hydrogens is 288 g/mol. The van der Waals surface area contributed by atoms with Gasteiger partial charge in [-0.1, -0.05) is 30.3 Å². The number of carbonyl (C=O) groups is 3. The smallest absolute Gasteiger partial charge is 0.338 e. The van der Waals surface area contributed by atoms with Gasteiger partial charge in [0.05, 0.1) is 6.61 Å². The molecule has 3 N–H and O–H groups in total. The predicted octanol–water partition coefficient (Wildman–Crippen LogP) is -0.470. The van der Waals surface area contributed by atoms with Gasteiger partial charge in [-0.3, -0.25) is 9.59 Å². The van der Waals surface area contributed by atoms with Gasteiger partial charge in [0, 0.05) is 6.42 Å². The van der Waals surface area contributed by atoms with Crippen LogP contribution in [0.3, 0.4) is 0 Å². The topological polar surface area (TPSA) is 111 Å². The highest BCUT2D eigenvalue weighted by atomic mass is 16.6. The maximum absolute atomic E-state index is 12.0. The number of nitrogens with two attached hydrogens (primary N) is 1. The van der Waals surface area contributed by atoms with E-state index in [9.17, 15) is 14.4 Å². The molecule has 1 heterocycles. The molecule has 0 spiro atoms. The van der Waals surface area contributed by atoms with Gasteiger partial charge < -0.3 is 20.5 Å². The second kappa shape index (κ2) is 7.04. The fourth-order valence-corrected chi connectivity index (χ4v) is 2.04. The first-order valence-electron chi connectivity index (χ1n) is 6.98. The molecule has 0 bridgehead atoms. The molecule has 7 heteroatoms. The molecule has 2 unspecified atom stereocenters. The molecule has 1 aromatic rings. The summed E-state index contributed by atoms with van der Waals surface area (Å²) in [6.45, 7) is 1.88. The number of esters is 1. The molecule has 0 saturated carbocycles. The van der Waals surface area contributed by atoms with Crippen molar-refractivity contribution in [2.45, 2.75) is 31.6 Å². The van der Waals surface area contributed by atoms with Crippen molar-refractivity contribution in [2.24, 2.45) is 5.73 Å². The van der Waals surface area contributed by atoms with E-state index in [4.69, 9.17) is 15.2 Å². The third-order valence-corrected chi connectivity index (χ3v) is 3.21. The molecule has 22 heavy (non-hydrogen) atoms. The molecule has 3 atom stereocenters. The van der Waals surface area contributed by atoms with E-state index in [1.165, 1.54) is 0 Å². The monoisotopic (exact) mass is 306 g/mol. The van der Waals surface area contributed by atoms with Crippen molar-refractivity contribution >= 4 is 17.8 Å². The molecule has 0 aliphatic carbocycles. The van der Waals surface area contributed by atoms with Gasteiger partial charge in [-0.05, 0) is 12.5 Å². The fourth-order valence-electron chi connectivity index (χ4n) is 2.04. The number of carbonyl (C=O) groups excluding carboxylic acids is 3. The van der Waals surface area contributed by atoms with Crippen LogP contribution in [0.2, 0.25) is 0 Å². The summed E-state index contributed by atoms with van der Waals surface area (Å²) in [6, 6.07) is 8.31. The number of hydrogen-bond acceptors (Lipinski definition) is 5. The second-order valence-corrected chi connectivity index (χ2v) is 4.88. The van der Waals surface area contributed by atoms with Crippen molar-refractivity contribution in [1.82, 2.24) is 5.32 Å². The number of rotatable bonds is 7. The summed E-state index contributed by atoms with van der Waals surface area (Å²) in [7, 11) is 0. The average Bonchev–Trinajstić information content (AvgIpc) is 3.28. The summed E-state index contributed by atoms with van der Waals surface area (Å²) in [5, 5.41) is 2.51. The third kappa shape index (κ3) is 4.05. The third-order valence-electron chi connectivity index (χ3n) is 3.21. The van der Waals surface area contributed by atoms with Crippen LogP contribution in [0.4, 0.5) is 0 Å². The summed E-state index contributed by atoms with van der Waals surface area (Å²) < 4.78 is 9.74. The van der Waals surface area contributed by atoms with E-state index in [2.05, 4.69) is 5.32 Å². The van der Waals surface area contributed by atoms with Gasteiger partial charge in [0.2, 0.25) is 5.91 Å². The average molecular weight is 306 g/mol. The molecule has 1 saturated heterocycles. The molecule has 0 aromatic heterocycles. The highest BCUT2D eigenvalue weighted by molar-refractivity contribution is 5.95. The van der Waals surface area contributed by atoms with Crippen LogP contribution in [0.25, 0.3) is 0 Å². The van der Waals surface area contributed by atoms with Crippen molar-refractivity contribution < 1.29 is 23.9 Å². The van der Waals surface area contributed by atoms with E-state index in [1.54, 1.807) is 6.92 Å². The van der Waals surface area contributed by atoms with Gasteiger partial charge in [-0.2, -0.15) is 0 Å². The van der Waals surface area contributed by atoms with Crippen LogP contribution in [0, 0.1) is 0 Å². The molecule has 118 valence electrons. The Morgan fingerprint density at radius 2 is 1.95 bits per heavy atom. The summed E-state index contributed by atoms with van der Waals surface area (Å²) in [6.07, 6.45) is -1.54. The zero-order valence-corrected chi connectivity index (χ0v) is 12.2. The normalized spacial score (nSPS) is 20.8. The van der Waals surface area contributed by atoms with Gasteiger partial charge in [0.25, 0.3) is 5.91 Å². The minimum atomic E-state index is -0.920. The number of primary amides is 1. The van der Waals surface area contributed by atoms with E-state index >= 15 is 0 Å². The van der Waals surface area contributed by atoms with Gasteiger partial charge >= 0.3 is 5.97 Å². The molecule has 2 amide bonds. The van der Waals surface area contributed by atoms with Crippen molar-refractivity contribution in [1.29, 1.82) is 0 Å². The van der Waals surface area contributed by atoms with Crippen LogP contribution < -0.4 is 11.1 Å². The first-order valence-corrected chi connectivity index (χ1v) is 6.98. The Labute approximate surface area is 127 Å². The molecule has 0 radical (unpaired) electrons. The van der Waals surface area contributed by atoms with Crippen molar-refractivity contribution in [3.63, 3.8) is 0 Å². The lowest BCUT2D eigenvalue weighted by Gasteiger charge is -2.14. The van der Waals surface area contributed by atoms with Gasteiger partial charge in [0.1, 0.15) is 6.04 Å². The summed E-state index contributed by atoms with van der Waals surface area (Å²) >= 11 is 0. The minimum absolute atomic E-state index is 0.213. The highest BCUT2D eigenvalue weighted by Gasteiger charge is 2.52. The first kappa shape index (κ1) is 16.0. The van der Waals surface area contributed by atoms with Crippen LogP contribution in [0.5, 0.6) is 0 Å². The van der Waals surface area contributed by atoms with Gasteiger partial charge in [-0.25, -0.2) is 4.79 Å². The number of benzene rings is 1. The number of nitrogens with one attached hydrogen (secondary N) is 1. The van der Waals surface area contributed by atoms with Gasteiger partial charge in [0.15, 0.2) is 12.2 Å². The standard InChI is InChI=1S/C15H18N2O5/c1-2-21-15(20)12-11(22-12)14(19)17-10(13(16)18)8-9-6-4-3-5-7-9/h3-7,10-12H,2,8H2,1H3,(H2,16,18)(H,17,19)/t10-,11?,12?/m0/s1. The zero-order valence-electron chi connectivity index (χ0n) is 12.2. The van der Waals surface area contributed by atoms with Crippen LogP contribution in [0.15, 0.2) is 30.3 Å². The fraction of sp³-hybridized carbons (Fsp3) is 0.400. The van der Waals surface area contributed by atoms with Crippen LogP contribution in [-0.4, -0.2) is 42.6 Å². The Balaban J connectivity index is 1.91. The van der Waals surface area contributed by atoms with E-state index in [0.29, 0.717) is 0 Å². The van der Waals surface area contributed by atoms with Crippen molar-refractivity contribution in [2.75, 3.05) is 6.61 Å². The number of ether oxygens (including phenoxy) is 2. The van der Waals surface area contributed by atoms with Crippen molar-refractivity contribution in [3.8, 4) is 0 Å². The van der Waals surface area contributed by atoms with Crippen LogP contribution >= 0.6 is 0 Å². The van der Waals surface area contributed by atoms with E-state index in [-0.39, 0.29) is 13.0 Å². The lowest BCUT2D eigenvalue weighted by molar-refractivity contribution is -0.144. The minimum Gasteiger partial charge on any atom is -0.464 e. The molecule has 1 aromatic carbocycles. The van der Waals surface area contributed by atoms with E-state index < -0.39 is 36.0 Å². The lowest BCUT2D eigenvalue weighted by atomic mass is 10.1. The first-order chi connectivity index (χ1) is 10.5. The summed E-state index contributed by atoms with van der Waals surface area (Å²) in [4.78, 5) is 34.9. The molecule has 1 aliphatic heterocycles. The van der Waals surface area contributed by atoms with Crippen LogP contribution in [-0.2, 0) is 30.3 Å². The maximum atomic E-state index is 12.0. The molecule has 1 fully saturated rings. The van der Waals surface area contributed by atoms with E-state index in [1.807, 2.05) is 30.3 Å². The number of epoxide rings is 1. The molecule has 1 aliphatic rings. The summed E-state index contributed by atoms with van der Waals surface area (Å²) in [5.41, 5.74) is 6.18. The van der Waals surface area contributed by atoms with Crippen molar-refractivity contribution in [3.05, 3.63) is 35.9 Å². The molecule has 2 rings (SSSR count). The quantitative estimate of drug-likeness (QED) is 0.522. The largest absolute Gasteiger partial charge is 0.464 e. The Kier molecular flexibility index (Phi) is 5.11. The summed E-state index contributed by atoms with van der Waals surface area (Å²) in [5.74, 6) is -1.77. The Morgan fingerprint density at radius 3 is 2.55 bits per heavy atom. The number of hydrogen-bond donors (Lipinski definition) is 2. The predicted molar refractivity (Wildman–Crippen MR) is 76.6 cm³/mol. The van der Waals surface area contributed by atoms with Gasteiger partial charge in [-0.15, -0.1) is 0 Å². The molecular formula is C15H18N2O5. The maximum Gasteiger partial charge on any atom is 0.338 e. The second-order valence-electron chi connectivity index (χ2n) is 4.88. The lowest BCUT2D eigenvalue weighted by Crippen LogP contribution is -2.47. The highest BCUT2D eigenvalue weighted by Crippen LogP contribution is 2.23. The van der Waals surface area contributed by atoms with Crippen LogP contribution in [0.1, 0.15) is 12.5 Å². The Bertz CT molecular complexity index is 560.